The number of hydrogen-bond donors (Lipinski definition) is 6. The highest BCUT2D eigenvalue weighted by molar-refractivity contribution is 5.89. The fraction of sp³-hybridized carbons (Fsp3) is 0.405. The number of fused-ring (bicyclic) bond motifs is 2. The second-order valence-electron chi connectivity index (χ2n) is 14.7. The van der Waals surface area contributed by atoms with Crippen LogP contribution in [0.4, 0.5) is 5.69 Å². The molecule has 9 N–H and O–H groups in total. The third-order valence-electron chi connectivity index (χ3n) is 10.1. The fourth-order valence-corrected chi connectivity index (χ4v) is 6.91. The van der Waals surface area contributed by atoms with E-state index in [1.165, 1.54) is 15.5 Å². The summed E-state index contributed by atoms with van der Waals surface area (Å²) in [5.74, 6) is 0.884. The highest BCUT2D eigenvalue weighted by Crippen LogP contribution is 2.29. The zero-order valence-corrected chi connectivity index (χ0v) is 33.5. The molecule has 5 aromatic rings. The van der Waals surface area contributed by atoms with E-state index in [-0.39, 0.29) is 32.0 Å². The van der Waals surface area contributed by atoms with Gasteiger partial charge in [0.25, 0.3) is 0 Å². The smallest absolute Gasteiger partial charge is 0.243 e. The van der Waals surface area contributed by atoms with Crippen LogP contribution in [0, 0.1) is 0 Å². The number of H-pyrrole nitrogens is 2. The minimum atomic E-state index is -0.671. The molecular weight excluding hydrogens is 737 g/mol. The Hall–Kier alpha value is -6.13. The Kier molecular flexibility index (Phi) is 14.2. The van der Waals surface area contributed by atoms with Gasteiger partial charge in [0, 0.05) is 74.4 Å². The lowest BCUT2D eigenvalue weighted by Crippen LogP contribution is -2.47. The van der Waals surface area contributed by atoms with E-state index in [0.29, 0.717) is 56.4 Å². The van der Waals surface area contributed by atoms with Crippen molar-refractivity contribution in [3.8, 4) is 28.5 Å². The molecular formula is C42H56N12O4. The summed E-state index contributed by atoms with van der Waals surface area (Å²) in [6, 6.07) is 20.2. The minimum Gasteiger partial charge on any atom is -0.494 e. The Balaban J connectivity index is 1.03. The van der Waals surface area contributed by atoms with E-state index < -0.39 is 11.8 Å². The molecule has 1 aliphatic rings. The van der Waals surface area contributed by atoms with Crippen LogP contribution in [-0.4, -0.2) is 131 Å². The number of primary amides is 1. The van der Waals surface area contributed by atoms with Gasteiger partial charge in [-0.05, 0) is 81.4 Å². The Bertz CT molecular complexity index is 2210. The Morgan fingerprint density at radius 2 is 1.55 bits per heavy atom. The topological polar surface area (TPSA) is 221 Å². The molecule has 308 valence electrons. The van der Waals surface area contributed by atoms with Crippen LogP contribution >= 0.6 is 0 Å². The molecule has 58 heavy (non-hydrogen) atoms. The molecule has 6 rings (SSSR count). The summed E-state index contributed by atoms with van der Waals surface area (Å²) in [6.07, 6.45) is 3.63. The van der Waals surface area contributed by atoms with Gasteiger partial charge in [-0.25, -0.2) is 9.97 Å². The average Bonchev–Trinajstić information content (AvgIpc) is 3.85. The maximum absolute atomic E-state index is 13.2. The molecule has 1 fully saturated rings. The second-order valence-corrected chi connectivity index (χ2v) is 14.7. The highest BCUT2D eigenvalue weighted by atomic mass is 16.5. The molecule has 3 amide bonds. The number of aromatic nitrogens is 4. The number of piperazine rings is 1. The van der Waals surface area contributed by atoms with Gasteiger partial charge in [-0.15, -0.1) is 0 Å². The molecule has 3 heterocycles. The van der Waals surface area contributed by atoms with Gasteiger partial charge in [-0.3, -0.25) is 14.4 Å². The van der Waals surface area contributed by atoms with Crippen molar-refractivity contribution in [3.05, 3.63) is 72.6 Å². The fourth-order valence-electron chi connectivity index (χ4n) is 6.91. The number of hydrogen-bond acceptors (Lipinski definition) is 11. The maximum atomic E-state index is 13.2. The lowest BCUT2D eigenvalue weighted by molar-refractivity contribution is -0.141. The maximum Gasteiger partial charge on any atom is 0.243 e. The molecule has 0 radical (unpaired) electrons. The number of nitrogens with two attached hydrogens (primary N) is 3. The van der Waals surface area contributed by atoms with Gasteiger partial charge in [0.1, 0.15) is 17.4 Å². The molecule has 0 spiro atoms. The van der Waals surface area contributed by atoms with Crippen LogP contribution in [0.5, 0.6) is 5.75 Å². The van der Waals surface area contributed by atoms with Crippen molar-refractivity contribution >= 4 is 45.5 Å². The number of rotatable bonds is 20. The summed E-state index contributed by atoms with van der Waals surface area (Å²) in [4.78, 5) is 62.5. The second kappa shape index (κ2) is 19.8. The van der Waals surface area contributed by atoms with Crippen LogP contribution in [0.3, 0.4) is 0 Å². The number of aromatic amines is 2. The number of amides is 3. The summed E-state index contributed by atoms with van der Waals surface area (Å²) in [6.45, 7) is 7.39. The van der Waals surface area contributed by atoms with E-state index in [2.05, 4.69) is 56.4 Å². The van der Waals surface area contributed by atoms with E-state index in [4.69, 9.17) is 31.9 Å². The van der Waals surface area contributed by atoms with Crippen molar-refractivity contribution < 1.29 is 19.1 Å². The summed E-state index contributed by atoms with van der Waals surface area (Å²) in [5, 5.41) is 3.03. The van der Waals surface area contributed by atoms with Crippen LogP contribution in [0.15, 0.2) is 72.6 Å². The molecule has 3 aromatic carbocycles. The largest absolute Gasteiger partial charge is 0.494 e. The predicted octanol–water partition coefficient (Wildman–Crippen LogP) is 2.98. The first kappa shape index (κ1) is 41.5. The number of ether oxygens (including phenoxy) is 1. The SMILES string of the molecule is CCCN(CC(=O)N(CC(N)=O)C/C(N)=C/NCCCN)C(=O)CCCOc1cccc(-c2nc3ccc(-c4nc5ccc(N6CCN(C)CC6)cc5[nH]4)cc3[nH]2)c1. The van der Waals surface area contributed by atoms with E-state index in [1.54, 1.807) is 6.20 Å². The summed E-state index contributed by atoms with van der Waals surface area (Å²) < 4.78 is 6.05. The molecule has 0 aliphatic carbocycles. The van der Waals surface area contributed by atoms with Crippen LogP contribution in [-0.2, 0) is 14.4 Å². The molecule has 0 unspecified atom stereocenters. The molecule has 2 aromatic heterocycles. The van der Waals surface area contributed by atoms with Gasteiger partial charge in [0.2, 0.25) is 17.7 Å². The van der Waals surface area contributed by atoms with Crippen molar-refractivity contribution in [2.75, 3.05) is 84.0 Å². The Labute approximate surface area is 338 Å². The quantitative estimate of drug-likeness (QED) is 0.0630. The normalized spacial score (nSPS) is 13.6. The number of likely N-dealkylation sites (N-methyl/N-ethyl adjacent to an activating group) is 1. The lowest BCUT2D eigenvalue weighted by Gasteiger charge is -2.34. The van der Waals surface area contributed by atoms with Gasteiger partial charge in [0.05, 0.1) is 48.3 Å². The molecule has 16 heteroatoms. The first-order chi connectivity index (χ1) is 28.1. The first-order valence-electron chi connectivity index (χ1n) is 20.0. The van der Waals surface area contributed by atoms with Crippen molar-refractivity contribution in [1.29, 1.82) is 0 Å². The molecule has 0 saturated carbocycles. The minimum absolute atomic E-state index is 0.00552. The van der Waals surface area contributed by atoms with Crippen LogP contribution in [0.25, 0.3) is 44.8 Å². The molecule has 1 saturated heterocycles. The zero-order chi connectivity index (χ0) is 41.0. The number of imidazole rings is 2. The third kappa shape index (κ3) is 11.0. The lowest BCUT2D eigenvalue weighted by atomic mass is 10.2. The van der Waals surface area contributed by atoms with E-state index in [1.807, 2.05) is 43.3 Å². The average molecular weight is 793 g/mol. The van der Waals surface area contributed by atoms with Gasteiger partial charge < -0.3 is 56.8 Å². The summed E-state index contributed by atoms with van der Waals surface area (Å²) >= 11 is 0. The number of nitrogens with one attached hydrogen (secondary N) is 3. The van der Waals surface area contributed by atoms with E-state index in [0.717, 1.165) is 71.6 Å². The van der Waals surface area contributed by atoms with Crippen molar-refractivity contribution in [3.63, 3.8) is 0 Å². The van der Waals surface area contributed by atoms with Gasteiger partial charge in [-0.2, -0.15) is 0 Å². The number of nitrogens with zero attached hydrogens (tertiary/aromatic N) is 6. The van der Waals surface area contributed by atoms with Crippen molar-refractivity contribution in [2.45, 2.75) is 32.6 Å². The predicted molar refractivity (Wildman–Crippen MR) is 228 cm³/mol. The van der Waals surface area contributed by atoms with Crippen LogP contribution in [0.2, 0.25) is 0 Å². The van der Waals surface area contributed by atoms with Crippen molar-refractivity contribution in [2.24, 2.45) is 17.2 Å². The standard InChI is InChI=1S/C42H56N12O4/c1-3-16-53(28-40(57)54(27-38(45)55)26-31(44)25-46-15-6-14-43)39(56)9-5-21-58-33-8-4-7-29(22-33)41-47-34-12-10-30(23-36(34)49-41)42-48-35-13-11-32(24-37(35)50-42)52-19-17-51(2)18-20-52/h4,7-8,10-13,22-25,46H,3,5-6,9,14-21,26-28,43-44H2,1-2H3,(H2,45,55)(H,47,49)(H,48,50)/b31-25-. The Morgan fingerprint density at radius 3 is 2.26 bits per heavy atom. The summed E-state index contributed by atoms with van der Waals surface area (Å²) in [7, 11) is 2.16. The van der Waals surface area contributed by atoms with Crippen LogP contribution < -0.4 is 32.2 Å². The number of carbonyl (C=O) groups is 3. The molecule has 0 atom stereocenters. The Morgan fingerprint density at radius 1 is 0.845 bits per heavy atom. The molecule has 16 nitrogen and oxygen atoms in total. The zero-order valence-electron chi connectivity index (χ0n) is 33.5. The first-order valence-corrected chi connectivity index (χ1v) is 20.0. The van der Waals surface area contributed by atoms with E-state index >= 15 is 0 Å². The van der Waals surface area contributed by atoms with Crippen molar-refractivity contribution in [1.82, 2.24) is 40.0 Å². The van der Waals surface area contributed by atoms with Gasteiger partial charge in [-0.1, -0.05) is 19.1 Å². The monoisotopic (exact) mass is 792 g/mol. The van der Waals surface area contributed by atoms with E-state index in [9.17, 15) is 14.4 Å². The number of anilines is 1. The van der Waals surface area contributed by atoms with Crippen LogP contribution in [0.1, 0.15) is 32.6 Å². The third-order valence-corrected chi connectivity index (χ3v) is 10.1. The number of benzene rings is 3. The summed E-state index contributed by atoms with van der Waals surface area (Å²) in [5.41, 5.74) is 24.1. The molecule has 0 bridgehead atoms. The van der Waals surface area contributed by atoms with Gasteiger partial charge >= 0.3 is 0 Å². The highest BCUT2D eigenvalue weighted by Gasteiger charge is 2.23. The van der Waals surface area contributed by atoms with Gasteiger partial charge in [0.15, 0.2) is 0 Å². The molecule has 1 aliphatic heterocycles. The number of carbonyl (C=O) groups excluding carboxylic acids is 3.